The molecular formula is C16H20O3. The minimum Gasteiger partial charge on any atom is -0.390 e. The van der Waals surface area contributed by atoms with Crippen LogP contribution in [0.2, 0.25) is 0 Å². The first-order chi connectivity index (χ1) is 9.17. The lowest BCUT2D eigenvalue weighted by atomic mass is 9.74. The van der Waals surface area contributed by atoms with Crippen LogP contribution in [0, 0.1) is 5.92 Å². The summed E-state index contributed by atoms with van der Waals surface area (Å²) in [5.41, 5.74) is 1.07. The van der Waals surface area contributed by atoms with E-state index in [1.807, 2.05) is 30.3 Å². The third-order valence-corrected chi connectivity index (χ3v) is 3.92. The summed E-state index contributed by atoms with van der Waals surface area (Å²) in [6.45, 7) is 3.85. The first-order valence-corrected chi connectivity index (χ1v) is 6.58. The summed E-state index contributed by atoms with van der Waals surface area (Å²) in [6.07, 6.45) is 1.56. The quantitative estimate of drug-likeness (QED) is 0.845. The number of rotatable bonds is 4. The molecule has 4 atom stereocenters. The predicted molar refractivity (Wildman–Crippen MR) is 73.9 cm³/mol. The molecule has 1 N–H and O–H groups in total. The summed E-state index contributed by atoms with van der Waals surface area (Å²) in [7, 11) is 1.53. The first kappa shape index (κ1) is 14.0. The van der Waals surface area contributed by atoms with Crippen molar-refractivity contribution in [3.8, 4) is 0 Å². The van der Waals surface area contributed by atoms with Crippen LogP contribution in [0.4, 0.5) is 0 Å². The molecule has 0 aromatic heterocycles. The van der Waals surface area contributed by atoms with E-state index in [1.165, 1.54) is 7.11 Å². The normalized spacial score (nSPS) is 28.9. The van der Waals surface area contributed by atoms with E-state index in [-0.39, 0.29) is 30.1 Å². The molecule has 1 aromatic rings. The number of carbonyl (C=O) groups is 1. The van der Waals surface area contributed by atoms with Crippen LogP contribution in [0.25, 0.3) is 0 Å². The van der Waals surface area contributed by atoms with E-state index in [4.69, 9.17) is 4.74 Å². The molecule has 0 amide bonds. The molecule has 0 spiro atoms. The van der Waals surface area contributed by atoms with E-state index < -0.39 is 6.10 Å². The Hall–Kier alpha value is -1.45. The molecular weight excluding hydrogens is 240 g/mol. The fourth-order valence-electron chi connectivity index (χ4n) is 2.82. The minimum atomic E-state index is -0.584. The van der Waals surface area contributed by atoms with E-state index in [2.05, 4.69) is 6.58 Å². The first-order valence-electron chi connectivity index (χ1n) is 6.58. The zero-order valence-electron chi connectivity index (χ0n) is 11.2. The van der Waals surface area contributed by atoms with E-state index in [0.717, 1.165) is 5.56 Å². The second-order valence-electron chi connectivity index (χ2n) is 5.03. The number of carbonyl (C=O) groups excluding carboxylic acids is 1. The zero-order chi connectivity index (χ0) is 13.8. The van der Waals surface area contributed by atoms with Gasteiger partial charge in [0.2, 0.25) is 0 Å². The maximum absolute atomic E-state index is 12.2. The molecule has 3 nitrogen and oxygen atoms in total. The molecule has 19 heavy (non-hydrogen) atoms. The molecule has 0 unspecified atom stereocenters. The zero-order valence-corrected chi connectivity index (χ0v) is 11.2. The number of aliphatic hydroxyl groups excluding tert-OH is 1. The fraction of sp³-hybridized carbons (Fsp3) is 0.438. The Bertz CT molecular complexity index is 441. The Morgan fingerprint density at radius 2 is 2.11 bits per heavy atom. The molecule has 1 aromatic carbocycles. The third-order valence-electron chi connectivity index (χ3n) is 3.92. The largest absolute Gasteiger partial charge is 0.390 e. The van der Waals surface area contributed by atoms with Crippen LogP contribution in [0.15, 0.2) is 43.0 Å². The number of allylic oxidation sites excluding steroid dienone is 1. The van der Waals surface area contributed by atoms with Gasteiger partial charge in [0.1, 0.15) is 5.78 Å². The average molecular weight is 260 g/mol. The number of ketones is 1. The number of aliphatic hydroxyl groups is 1. The molecule has 1 saturated carbocycles. The number of methoxy groups -OCH3 is 1. The summed E-state index contributed by atoms with van der Waals surface area (Å²) in [5, 5.41) is 10.0. The second kappa shape index (κ2) is 6.13. The maximum atomic E-state index is 12.2. The lowest BCUT2D eigenvalue weighted by Gasteiger charge is -2.34. The van der Waals surface area contributed by atoms with Crippen LogP contribution in [-0.2, 0) is 9.53 Å². The number of hydrogen-bond donors (Lipinski definition) is 1. The van der Waals surface area contributed by atoms with Crippen molar-refractivity contribution in [1.29, 1.82) is 0 Å². The van der Waals surface area contributed by atoms with E-state index in [9.17, 15) is 9.90 Å². The lowest BCUT2D eigenvalue weighted by Crippen LogP contribution is -2.42. The van der Waals surface area contributed by atoms with Crippen molar-refractivity contribution in [3.05, 3.63) is 48.6 Å². The highest BCUT2D eigenvalue weighted by molar-refractivity contribution is 5.83. The van der Waals surface area contributed by atoms with Crippen molar-refractivity contribution in [2.24, 2.45) is 5.92 Å². The highest BCUT2D eigenvalue weighted by Crippen LogP contribution is 2.35. The number of hydrogen-bond acceptors (Lipinski definition) is 3. The van der Waals surface area contributed by atoms with Crippen molar-refractivity contribution in [2.75, 3.05) is 7.11 Å². The second-order valence-corrected chi connectivity index (χ2v) is 5.03. The standard InChI is InChI=1S/C16H20O3/c1-3-12(11-7-5-4-6-8-11)13-9-15(18)16(19-2)10-14(13)17/h3-8,12-13,15-16,18H,1,9-10H2,2H3/t12-,13-,15-,16+/m1/s1. The van der Waals surface area contributed by atoms with Crippen LogP contribution in [0.3, 0.4) is 0 Å². The highest BCUT2D eigenvalue weighted by Gasteiger charge is 2.38. The van der Waals surface area contributed by atoms with E-state index in [1.54, 1.807) is 6.08 Å². The smallest absolute Gasteiger partial charge is 0.139 e. The highest BCUT2D eigenvalue weighted by atomic mass is 16.5. The molecule has 0 saturated heterocycles. The van der Waals surface area contributed by atoms with Gasteiger partial charge in [-0.15, -0.1) is 6.58 Å². The van der Waals surface area contributed by atoms with Gasteiger partial charge in [0.25, 0.3) is 0 Å². The Morgan fingerprint density at radius 3 is 2.68 bits per heavy atom. The molecule has 1 aliphatic rings. The van der Waals surface area contributed by atoms with E-state index >= 15 is 0 Å². The number of ether oxygens (including phenoxy) is 1. The summed E-state index contributed by atoms with van der Waals surface area (Å²) in [5.74, 6) is -0.103. The predicted octanol–water partition coefficient (Wildman–Crippen LogP) is 2.31. The molecule has 3 heteroatoms. The average Bonchev–Trinajstić information content (AvgIpc) is 2.44. The van der Waals surface area contributed by atoms with Crippen LogP contribution >= 0.6 is 0 Å². The van der Waals surface area contributed by atoms with Gasteiger partial charge in [0, 0.05) is 25.4 Å². The van der Waals surface area contributed by atoms with Crippen LogP contribution in [0.1, 0.15) is 24.3 Å². The van der Waals surface area contributed by atoms with Crippen molar-refractivity contribution in [1.82, 2.24) is 0 Å². The Balaban J connectivity index is 2.20. The molecule has 0 bridgehead atoms. The van der Waals surface area contributed by atoms with Gasteiger partial charge in [-0.1, -0.05) is 36.4 Å². The fourth-order valence-corrected chi connectivity index (χ4v) is 2.82. The SMILES string of the molecule is C=C[C@H](c1ccccc1)[C@H]1C[C@@H](O)[C@@H](OC)CC1=O. The van der Waals surface area contributed by atoms with Crippen molar-refractivity contribution >= 4 is 5.78 Å². The summed E-state index contributed by atoms with van der Waals surface area (Å²) < 4.78 is 5.14. The number of Topliss-reactive ketones (excluding diaryl/α,β-unsaturated/α-hetero) is 1. The Morgan fingerprint density at radius 1 is 1.42 bits per heavy atom. The van der Waals surface area contributed by atoms with Gasteiger partial charge >= 0.3 is 0 Å². The molecule has 1 aliphatic carbocycles. The van der Waals surface area contributed by atoms with Crippen molar-refractivity contribution < 1.29 is 14.6 Å². The van der Waals surface area contributed by atoms with Gasteiger partial charge in [-0.05, 0) is 12.0 Å². The van der Waals surface area contributed by atoms with Crippen molar-refractivity contribution in [2.45, 2.75) is 31.0 Å². The molecule has 0 heterocycles. The summed E-state index contributed by atoms with van der Waals surface area (Å²) >= 11 is 0. The molecule has 2 rings (SSSR count). The molecule has 0 aliphatic heterocycles. The van der Waals surface area contributed by atoms with Crippen LogP contribution < -0.4 is 0 Å². The number of benzene rings is 1. The van der Waals surface area contributed by atoms with Gasteiger partial charge in [0.15, 0.2) is 0 Å². The maximum Gasteiger partial charge on any atom is 0.139 e. The van der Waals surface area contributed by atoms with E-state index in [0.29, 0.717) is 6.42 Å². The van der Waals surface area contributed by atoms with Crippen molar-refractivity contribution in [3.63, 3.8) is 0 Å². The van der Waals surface area contributed by atoms with Crippen LogP contribution in [-0.4, -0.2) is 30.2 Å². The monoisotopic (exact) mass is 260 g/mol. The van der Waals surface area contributed by atoms with Gasteiger partial charge in [-0.25, -0.2) is 0 Å². The Labute approximate surface area is 113 Å². The topological polar surface area (TPSA) is 46.5 Å². The summed E-state index contributed by atoms with van der Waals surface area (Å²) in [6, 6.07) is 9.84. The third kappa shape index (κ3) is 2.94. The van der Waals surface area contributed by atoms with Gasteiger partial charge < -0.3 is 9.84 Å². The minimum absolute atomic E-state index is 0.0406. The van der Waals surface area contributed by atoms with Gasteiger partial charge in [-0.2, -0.15) is 0 Å². The molecule has 1 fully saturated rings. The van der Waals surface area contributed by atoms with Gasteiger partial charge in [0.05, 0.1) is 12.2 Å². The molecule has 0 radical (unpaired) electrons. The molecule has 102 valence electrons. The van der Waals surface area contributed by atoms with Gasteiger partial charge in [-0.3, -0.25) is 4.79 Å². The van der Waals surface area contributed by atoms with Crippen LogP contribution in [0.5, 0.6) is 0 Å². The lowest BCUT2D eigenvalue weighted by molar-refractivity contribution is -0.136. The Kier molecular flexibility index (Phi) is 4.51. The summed E-state index contributed by atoms with van der Waals surface area (Å²) in [4.78, 5) is 12.2.